The molecular formula is C19H24ClN3O3. The molecule has 0 bridgehead atoms. The first kappa shape index (κ1) is 17.7. The fourth-order valence-electron chi connectivity index (χ4n) is 3.06. The summed E-state index contributed by atoms with van der Waals surface area (Å²) in [6, 6.07) is 1.91. The van der Waals surface area contributed by atoms with E-state index in [1.807, 2.05) is 26.8 Å². The molecule has 1 aliphatic heterocycles. The minimum absolute atomic E-state index is 0.142. The molecule has 0 N–H and O–H groups in total. The second kappa shape index (κ2) is 6.82. The molecule has 2 aromatic rings. The first-order valence-corrected chi connectivity index (χ1v) is 9.59. The van der Waals surface area contributed by atoms with E-state index >= 15 is 0 Å². The molecule has 2 aromatic heterocycles. The Labute approximate surface area is 158 Å². The minimum Gasteiger partial charge on any atom is -0.490 e. The summed E-state index contributed by atoms with van der Waals surface area (Å²) in [4.78, 5) is 9.03. The van der Waals surface area contributed by atoms with Crippen LogP contribution in [0.4, 0.5) is 0 Å². The summed E-state index contributed by atoms with van der Waals surface area (Å²) >= 11 is 6.53. The predicted molar refractivity (Wildman–Crippen MR) is 97.7 cm³/mol. The Hall–Kier alpha value is -1.66. The molecule has 0 amide bonds. The van der Waals surface area contributed by atoms with Crippen molar-refractivity contribution in [1.82, 2.24) is 15.1 Å². The van der Waals surface area contributed by atoms with Crippen molar-refractivity contribution in [3.05, 3.63) is 22.7 Å². The fourth-order valence-corrected chi connectivity index (χ4v) is 3.40. The van der Waals surface area contributed by atoms with Gasteiger partial charge in [0, 0.05) is 29.9 Å². The van der Waals surface area contributed by atoms with Crippen molar-refractivity contribution in [2.75, 3.05) is 13.2 Å². The van der Waals surface area contributed by atoms with E-state index < -0.39 is 0 Å². The number of halogens is 1. The maximum absolute atomic E-state index is 6.53. The van der Waals surface area contributed by atoms with Crippen LogP contribution in [0.2, 0.25) is 5.15 Å². The van der Waals surface area contributed by atoms with Crippen LogP contribution in [0.15, 0.2) is 10.6 Å². The SMILES string of the molecule is CC(C)(C)c1nc(-c2cc(OC3CCOCC3)c(C3CC3)c(Cl)n2)no1. The van der Waals surface area contributed by atoms with E-state index in [0.29, 0.717) is 28.5 Å². The molecule has 6 nitrogen and oxygen atoms in total. The molecule has 2 aliphatic rings. The molecule has 2 fully saturated rings. The van der Waals surface area contributed by atoms with Crippen molar-refractivity contribution >= 4 is 11.6 Å². The van der Waals surface area contributed by atoms with Crippen LogP contribution in [0.5, 0.6) is 5.75 Å². The van der Waals surface area contributed by atoms with Crippen molar-refractivity contribution in [2.45, 2.75) is 63.9 Å². The quantitative estimate of drug-likeness (QED) is 0.729. The van der Waals surface area contributed by atoms with Crippen molar-refractivity contribution < 1.29 is 14.0 Å². The van der Waals surface area contributed by atoms with Gasteiger partial charge in [0.25, 0.3) is 0 Å². The van der Waals surface area contributed by atoms with Gasteiger partial charge >= 0.3 is 0 Å². The molecule has 1 saturated carbocycles. The average molecular weight is 378 g/mol. The summed E-state index contributed by atoms with van der Waals surface area (Å²) < 4.78 is 17.1. The largest absolute Gasteiger partial charge is 0.490 e. The molecule has 3 heterocycles. The first-order valence-electron chi connectivity index (χ1n) is 9.21. The van der Waals surface area contributed by atoms with Gasteiger partial charge in [-0.05, 0) is 18.8 Å². The topological polar surface area (TPSA) is 70.3 Å². The number of rotatable bonds is 4. The van der Waals surface area contributed by atoms with Crippen molar-refractivity contribution in [3.8, 4) is 17.3 Å². The average Bonchev–Trinajstić information content (AvgIpc) is 3.28. The normalized spacial score (nSPS) is 18.9. The van der Waals surface area contributed by atoms with E-state index in [0.717, 1.165) is 50.2 Å². The highest BCUT2D eigenvalue weighted by Gasteiger charge is 2.32. The Kier molecular flexibility index (Phi) is 4.65. The number of hydrogen-bond acceptors (Lipinski definition) is 6. The van der Waals surface area contributed by atoms with Gasteiger partial charge in [0.05, 0.1) is 13.2 Å². The van der Waals surface area contributed by atoms with Crippen molar-refractivity contribution in [3.63, 3.8) is 0 Å². The van der Waals surface area contributed by atoms with Crippen LogP contribution < -0.4 is 4.74 Å². The summed E-state index contributed by atoms with van der Waals surface area (Å²) in [5.74, 6) is 2.25. The number of hydrogen-bond donors (Lipinski definition) is 0. The van der Waals surface area contributed by atoms with E-state index in [2.05, 4.69) is 15.1 Å². The summed E-state index contributed by atoms with van der Waals surface area (Å²) in [5.41, 5.74) is 1.38. The molecule has 26 heavy (non-hydrogen) atoms. The lowest BCUT2D eigenvalue weighted by Gasteiger charge is -2.25. The highest BCUT2D eigenvalue weighted by atomic mass is 35.5. The molecule has 0 radical (unpaired) electrons. The third-order valence-electron chi connectivity index (χ3n) is 4.72. The summed E-state index contributed by atoms with van der Waals surface area (Å²) in [5, 5.41) is 4.57. The van der Waals surface area contributed by atoms with Crippen LogP contribution in [0, 0.1) is 0 Å². The number of nitrogens with zero attached hydrogens (tertiary/aromatic N) is 3. The zero-order valence-electron chi connectivity index (χ0n) is 15.4. The Morgan fingerprint density at radius 1 is 1.12 bits per heavy atom. The molecule has 0 atom stereocenters. The van der Waals surface area contributed by atoms with Gasteiger partial charge in [0.1, 0.15) is 22.7 Å². The van der Waals surface area contributed by atoms with Gasteiger partial charge in [-0.15, -0.1) is 0 Å². The Morgan fingerprint density at radius 3 is 2.46 bits per heavy atom. The minimum atomic E-state index is -0.218. The Balaban J connectivity index is 1.68. The first-order chi connectivity index (χ1) is 12.4. The molecule has 1 aliphatic carbocycles. The fraction of sp³-hybridized carbons (Fsp3) is 0.632. The highest BCUT2D eigenvalue weighted by Crippen LogP contribution is 2.48. The second-order valence-corrected chi connectivity index (χ2v) is 8.45. The van der Waals surface area contributed by atoms with Crippen LogP contribution >= 0.6 is 11.6 Å². The van der Waals surface area contributed by atoms with Gasteiger partial charge in [-0.1, -0.05) is 37.5 Å². The number of pyridine rings is 1. The number of aromatic nitrogens is 3. The molecular weight excluding hydrogens is 354 g/mol. The highest BCUT2D eigenvalue weighted by molar-refractivity contribution is 6.30. The zero-order chi connectivity index (χ0) is 18.3. The van der Waals surface area contributed by atoms with Crippen molar-refractivity contribution in [1.29, 1.82) is 0 Å². The molecule has 1 saturated heterocycles. The van der Waals surface area contributed by atoms with Gasteiger partial charge in [-0.25, -0.2) is 4.98 Å². The van der Waals surface area contributed by atoms with E-state index in [1.54, 1.807) is 0 Å². The lowest BCUT2D eigenvalue weighted by atomic mass is 9.97. The van der Waals surface area contributed by atoms with Crippen molar-refractivity contribution in [2.24, 2.45) is 0 Å². The van der Waals surface area contributed by atoms with Crippen LogP contribution in [-0.4, -0.2) is 34.4 Å². The Morgan fingerprint density at radius 2 is 1.85 bits per heavy atom. The molecule has 0 unspecified atom stereocenters. The third kappa shape index (κ3) is 3.71. The maximum atomic E-state index is 6.53. The molecule has 140 valence electrons. The summed E-state index contributed by atoms with van der Waals surface area (Å²) in [7, 11) is 0. The van der Waals surface area contributed by atoms with Gasteiger partial charge in [0.2, 0.25) is 11.7 Å². The van der Waals surface area contributed by atoms with Gasteiger partial charge in [0.15, 0.2) is 0 Å². The lowest BCUT2D eigenvalue weighted by Crippen LogP contribution is -2.26. The zero-order valence-corrected chi connectivity index (χ0v) is 16.2. The number of ether oxygens (including phenoxy) is 2. The molecule has 7 heteroatoms. The van der Waals surface area contributed by atoms with Crippen LogP contribution in [0.1, 0.15) is 63.8 Å². The van der Waals surface area contributed by atoms with E-state index in [-0.39, 0.29) is 11.5 Å². The smallest absolute Gasteiger partial charge is 0.232 e. The van der Waals surface area contributed by atoms with Crippen LogP contribution in [0.3, 0.4) is 0 Å². The summed E-state index contributed by atoms with van der Waals surface area (Å²) in [6.07, 6.45) is 4.16. The molecule has 0 aromatic carbocycles. The van der Waals surface area contributed by atoms with E-state index in [9.17, 15) is 0 Å². The van der Waals surface area contributed by atoms with E-state index in [4.69, 9.17) is 25.6 Å². The summed E-state index contributed by atoms with van der Waals surface area (Å²) in [6.45, 7) is 7.55. The second-order valence-electron chi connectivity index (χ2n) is 8.09. The molecule has 4 rings (SSSR count). The standard InChI is InChI=1S/C19H24ClN3O3/c1-19(2,3)18-22-17(23-26-18)13-10-14(25-12-6-8-24-9-7-12)15(11-4-5-11)16(20)21-13/h10-12H,4-9H2,1-3H3. The van der Waals surface area contributed by atoms with Crippen LogP contribution in [0.25, 0.3) is 11.5 Å². The van der Waals surface area contributed by atoms with E-state index in [1.165, 1.54) is 0 Å². The third-order valence-corrected chi connectivity index (χ3v) is 5.01. The Bertz CT molecular complexity index is 790. The lowest BCUT2D eigenvalue weighted by molar-refractivity contribution is 0.0252. The van der Waals surface area contributed by atoms with Gasteiger partial charge in [-0.3, -0.25) is 0 Å². The van der Waals surface area contributed by atoms with Gasteiger partial charge in [-0.2, -0.15) is 4.98 Å². The predicted octanol–water partition coefficient (Wildman–Crippen LogP) is 4.52. The molecule has 0 spiro atoms. The monoisotopic (exact) mass is 377 g/mol. The van der Waals surface area contributed by atoms with Gasteiger partial charge < -0.3 is 14.0 Å². The van der Waals surface area contributed by atoms with Crippen LogP contribution in [-0.2, 0) is 10.2 Å². The maximum Gasteiger partial charge on any atom is 0.232 e.